The molecule has 0 saturated carbocycles. The summed E-state index contributed by atoms with van der Waals surface area (Å²) >= 11 is 17.1. The van der Waals surface area contributed by atoms with E-state index in [1.165, 1.54) is 0 Å². The zero-order valence-electron chi connectivity index (χ0n) is 10.8. The van der Waals surface area contributed by atoms with Gasteiger partial charge in [-0.3, -0.25) is 0 Å². The molecule has 0 aromatic heterocycles. The Morgan fingerprint density at radius 3 is 2.60 bits per heavy atom. The van der Waals surface area contributed by atoms with Gasteiger partial charge in [0.15, 0.2) is 0 Å². The lowest BCUT2D eigenvalue weighted by Crippen LogP contribution is -2.10. The summed E-state index contributed by atoms with van der Waals surface area (Å²) in [6.07, 6.45) is 0.827. The standard InChI is InChI=1S/C15H13Cl2NOS/c1-2-9-7-11(4-6-13(9)17)19-14-8-10(16)3-5-12(14)15(18)20/h3-8H,2H2,1H3,(H2,18,20). The molecule has 0 spiro atoms. The Kier molecular flexibility index (Phi) is 4.86. The SMILES string of the molecule is CCc1cc(Oc2cc(Cl)ccc2C(N)=S)ccc1Cl. The van der Waals surface area contributed by atoms with E-state index in [0.717, 1.165) is 17.0 Å². The highest BCUT2D eigenvalue weighted by Gasteiger charge is 2.09. The van der Waals surface area contributed by atoms with E-state index in [-0.39, 0.29) is 4.99 Å². The molecule has 0 amide bonds. The first kappa shape index (κ1) is 15.1. The molecule has 0 aliphatic rings. The molecular formula is C15H13Cl2NOS. The van der Waals surface area contributed by atoms with E-state index < -0.39 is 0 Å². The predicted octanol–water partition coefficient (Wildman–Crippen LogP) is 4.98. The van der Waals surface area contributed by atoms with Crippen LogP contribution in [0.15, 0.2) is 36.4 Å². The van der Waals surface area contributed by atoms with E-state index in [4.69, 9.17) is 45.9 Å². The highest BCUT2D eigenvalue weighted by atomic mass is 35.5. The first-order valence-electron chi connectivity index (χ1n) is 6.07. The molecule has 2 N–H and O–H groups in total. The third kappa shape index (κ3) is 3.42. The summed E-state index contributed by atoms with van der Waals surface area (Å²) in [6, 6.07) is 10.7. The van der Waals surface area contributed by atoms with Crippen molar-refractivity contribution in [2.75, 3.05) is 0 Å². The van der Waals surface area contributed by atoms with Crippen molar-refractivity contribution in [1.29, 1.82) is 0 Å². The van der Waals surface area contributed by atoms with Crippen molar-refractivity contribution in [2.24, 2.45) is 5.73 Å². The van der Waals surface area contributed by atoms with E-state index >= 15 is 0 Å². The summed E-state index contributed by atoms with van der Waals surface area (Å²) in [7, 11) is 0. The highest BCUT2D eigenvalue weighted by Crippen LogP contribution is 2.30. The molecule has 104 valence electrons. The van der Waals surface area contributed by atoms with E-state index in [0.29, 0.717) is 22.1 Å². The molecule has 0 radical (unpaired) electrons. The average Bonchev–Trinajstić information content (AvgIpc) is 2.40. The van der Waals surface area contributed by atoms with Crippen LogP contribution in [0.4, 0.5) is 0 Å². The monoisotopic (exact) mass is 325 g/mol. The molecule has 2 aromatic rings. The van der Waals surface area contributed by atoms with E-state index in [9.17, 15) is 0 Å². The minimum absolute atomic E-state index is 0.265. The number of ether oxygens (including phenoxy) is 1. The maximum absolute atomic E-state index is 6.09. The fourth-order valence-electron chi connectivity index (χ4n) is 1.80. The lowest BCUT2D eigenvalue weighted by Gasteiger charge is -2.12. The summed E-state index contributed by atoms with van der Waals surface area (Å²) in [6.45, 7) is 2.03. The van der Waals surface area contributed by atoms with Crippen molar-refractivity contribution < 1.29 is 4.74 Å². The third-order valence-electron chi connectivity index (χ3n) is 2.84. The maximum atomic E-state index is 6.09. The lowest BCUT2D eigenvalue weighted by atomic mass is 10.1. The van der Waals surface area contributed by atoms with Gasteiger partial charge in [-0.2, -0.15) is 0 Å². The molecule has 0 bridgehead atoms. The van der Waals surface area contributed by atoms with Crippen LogP contribution in [0, 0.1) is 0 Å². The van der Waals surface area contributed by atoms with Gasteiger partial charge in [0.2, 0.25) is 0 Å². The summed E-state index contributed by atoms with van der Waals surface area (Å²) in [5.41, 5.74) is 7.35. The first-order chi connectivity index (χ1) is 9.51. The normalized spacial score (nSPS) is 10.3. The number of aryl methyl sites for hydroxylation is 1. The fourth-order valence-corrected chi connectivity index (χ4v) is 2.38. The summed E-state index contributed by atoms with van der Waals surface area (Å²) < 4.78 is 5.84. The Labute approximate surface area is 133 Å². The van der Waals surface area contributed by atoms with Crippen molar-refractivity contribution >= 4 is 40.4 Å². The van der Waals surface area contributed by atoms with Crippen LogP contribution in [-0.2, 0) is 6.42 Å². The molecule has 0 atom stereocenters. The molecule has 2 nitrogen and oxygen atoms in total. The fraction of sp³-hybridized carbons (Fsp3) is 0.133. The van der Waals surface area contributed by atoms with Crippen LogP contribution in [0.25, 0.3) is 0 Å². The van der Waals surface area contributed by atoms with Crippen LogP contribution >= 0.6 is 35.4 Å². The zero-order chi connectivity index (χ0) is 14.7. The minimum atomic E-state index is 0.265. The quantitative estimate of drug-likeness (QED) is 0.805. The zero-order valence-corrected chi connectivity index (χ0v) is 13.1. The van der Waals surface area contributed by atoms with Crippen LogP contribution in [0.2, 0.25) is 10.0 Å². The predicted molar refractivity (Wildman–Crippen MR) is 88.2 cm³/mol. The van der Waals surface area contributed by atoms with Crippen LogP contribution < -0.4 is 10.5 Å². The Morgan fingerprint density at radius 2 is 1.95 bits per heavy atom. The van der Waals surface area contributed by atoms with Crippen LogP contribution in [0.1, 0.15) is 18.1 Å². The summed E-state index contributed by atoms with van der Waals surface area (Å²) in [4.78, 5) is 0.265. The minimum Gasteiger partial charge on any atom is -0.457 e. The number of halogens is 2. The molecule has 2 aromatic carbocycles. The topological polar surface area (TPSA) is 35.2 Å². The molecule has 0 fully saturated rings. The van der Waals surface area contributed by atoms with Crippen molar-refractivity contribution in [3.63, 3.8) is 0 Å². The number of nitrogens with two attached hydrogens (primary N) is 1. The van der Waals surface area contributed by atoms with Crippen LogP contribution in [-0.4, -0.2) is 4.99 Å². The molecule has 0 aliphatic heterocycles. The molecule has 2 rings (SSSR count). The molecule has 0 saturated heterocycles. The Balaban J connectivity index is 2.39. The summed E-state index contributed by atoms with van der Waals surface area (Å²) in [5.74, 6) is 1.21. The molecule has 0 heterocycles. The second-order valence-corrected chi connectivity index (χ2v) is 5.50. The van der Waals surface area contributed by atoms with Gasteiger partial charge < -0.3 is 10.5 Å². The van der Waals surface area contributed by atoms with Gasteiger partial charge in [0.1, 0.15) is 16.5 Å². The largest absolute Gasteiger partial charge is 0.457 e. The van der Waals surface area contributed by atoms with E-state index in [1.807, 2.05) is 13.0 Å². The Hall–Kier alpha value is -1.29. The number of benzene rings is 2. The average molecular weight is 326 g/mol. The van der Waals surface area contributed by atoms with Gasteiger partial charge in [-0.25, -0.2) is 0 Å². The van der Waals surface area contributed by atoms with E-state index in [2.05, 4.69) is 0 Å². The molecule has 5 heteroatoms. The molecule has 0 aliphatic carbocycles. The Morgan fingerprint density at radius 1 is 1.20 bits per heavy atom. The first-order valence-corrected chi connectivity index (χ1v) is 7.23. The second kappa shape index (κ2) is 6.44. The lowest BCUT2D eigenvalue weighted by molar-refractivity contribution is 0.481. The second-order valence-electron chi connectivity index (χ2n) is 4.21. The highest BCUT2D eigenvalue weighted by molar-refractivity contribution is 7.80. The van der Waals surface area contributed by atoms with Crippen molar-refractivity contribution in [2.45, 2.75) is 13.3 Å². The van der Waals surface area contributed by atoms with Gasteiger partial charge in [0.25, 0.3) is 0 Å². The van der Waals surface area contributed by atoms with Gasteiger partial charge in [-0.05, 0) is 42.3 Å². The van der Waals surface area contributed by atoms with Gasteiger partial charge in [-0.15, -0.1) is 0 Å². The van der Waals surface area contributed by atoms with Crippen LogP contribution in [0.3, 0.4) is 0 Å². The molecule has 20 heavy (non-hydrogen) atoms. The summed E-state index contributed by atoms with van der Waals surface area (Å²) in [5, 5.41) is 1.28. The van der Waals surface area contributed by atoms with Gasteiger partial charge in [-0.1, -0.05) is 42.3 Å². The third-order valence-corrected chi connectivity index (χ3v) is 3.66. The molecule has 0 unspecified atom stereocenters. The number of hydrogen-bond acceptors (Lipinski definition) is 2. The smallest absolute Gasteiger partial charge is 0.139 e. The van der Waals surface area contributed by atoms with E-state index in [1.54, 1.807) is 30.3 Å². The van der Waals surface area contributed by atoms with Crippen molar-refractivity contribution in [3.05, 3.63) is 57.6 Å². The van der Waals surface area contributed by atoms with Gasteiger partial charge >= 0.3 is 0 Å². The maximum Gasteiger partial charge on any atom is 0.139 e. The Bertz CT molecular complexity index is 658. The number of rotatable bonds is 4. The van der Waals surface area contributed by atoms with Crippen LogP contribution in [0.5, 0.6) is 11.5 Å². The number of thiocarbonyl (C=S) groups is 1. The van der Waals surface area contributed by atoms with Crippen molar-refractivity contribution in [3.8, 4) is 11.5 Å². The number of hydrogen-bond donors (Lipinski definition) is 1. The van der Waals surface area contributed by atoms with Crippen molar-refractivity contribution in [1.82, 2.24) is 0 Å². The molecular weight excluding hydrogens is 313 g/mol. The van der Waals surface area contributed by atoms with Gasteiger partial charge in [0.05, 0.1) is 5.56 Å². The van der Waals surface area contributed by atoms with Gasteiger partial charge in [0, 0.05) is 16.1 Å².